The van der Waals surface area contributed by atoms with Crippen LogP contribution in [0.15, 0.2) is 35.5 Å². The van der Waals surface area contributed by atoms with E-state index in [0.29, 0.717) is 12.1 Å². The van der Waals surface area contributed by atoms with Crippen molar-refractivity contribution in [2.75, 3.05) is 40.3 Å². The van der Waals surface area contributed by atoms with Gasteiger partial charge in [0.25, 0.3) is 5.91 Å². The first kappa shape index (κ1) is 28.9. The van der Waals surface area contributed by atoms with Crippen molar-refractivity contribution < 1.29 is 27.6 Å². The number of alkyl halides is 3. The molecule has 3 heterocycles. The lowest BCUT2D eigenvalue weighted by molar-refractivity contribution is -0.144. The lowest BCUT2D eigenvalue weighted by Crippen LogP contribution is -2.53. The van der Waals surface area contributed by atoms with Crippen LogP contribution in [0, 0.1) is 5.92 Å². The van der Waals surface area contributed by atoms with Gasteiger partial charge in [-0.2, -0.15) is 13.2 Å². The first-order chi connectivity index (χ1) is 18.3. The van der Waals surface area contributed by atoms with Crippen LogP contribution in [0.5, 0.6) is 0 Å². The molecule has 1 saturated heterocycles. The Balaban J connectivity index is 1.71. The van der Waals surface area contributed by atoms with Gasteiger partial charge in [0.15, 0.2) is 0 Å². The minimum Gasteiger partial charge on any atom is -0.341 e. The largest absolute Gasteiger partial charge is 0.416 e. The summed E-state index contributed by atoms with van der Waals surface area (Å²) in [5.41, 5.74) is -0.643. The molecule has 0 bridgehead atoms. The molecular formula is C28H38F3N5O3. The van der Waals surface area contributed by atoms with Gasteiger partial charge in [-0.3, -0.25) is 14.5 Å². The normalized spacial score (nSPS) is 21.9. The molecule has 0 aromatic heterocycles. The van der Waals surface area contributed by atoms with Gasteiger partial charge >= 0.3 is 12.2 Å². The van der Waals surface area contributed by atoms with Crippen LogP contribution in [0.4, 0.5) is 18.0 Å². The van der Waals surface area contributed by atoms with E-state index in [9.17, 15) is 27.6 Å². The van der Waals surface area contributed by atoms with Crippen LogP contribution in [-0.2, 0) is 15.8 Å². The van der Waals surface area contributed by atoms with Crippen molar-refractivity contribution in [2.24, 2.45) is 5.92 Å². The number of rotatable bonds is 7. The van der Waals surface area contributed by atoms with Crippen molar-refractivity contribution in [1.29, 1.82) is 0 Å². The van der Waals surface area contributed by atoms with Gasteiger partial charge in [0.1, 0.15) is 6.04 Å². The number of carbonyl (C=O) groups excluding carboxylic acids is 3. The fourth-order valence-corrected chi connectivity index (χ4v) is 5.94. The zero-order chi connectivity index (χ0) is 28.6. The van der Waals surface area contributed by atoms with Crippen LogP contribution in [0.25, 0.3) is 0 Å². The van der Waals surface area contributed by atoms with Gasteiger partial charge in [0.05, 0.1) is 29.4 Å². The van der Waals surface area contributed by atoms with Gasteiger partial charge in [-0.15, -0.1) is 0 Å². The predicted octanol–water partition coefficient (Wildman–Crippen LogP) is 3.86. The second-order valence-corrected chi connectivity index (χ2v) is 11.1. The lowest BCUT2D eigenvalue weighted by Gasteiger charge is -2.39. The third-order valence-electron chi connectivity index (χ3n) is 8.08. The number of nitrogens with one attached hydrogen (secondary N) is 1. The number of likely N-dealkylation sites (tertiary alicyclic amines) is 1. The number of carbonyl (C=O) groups is 3. The van der Waals surface area contributed by atoms with Gasteiger partial charge in [0, 0.05) is 19.6 Å². The lowest BCUT2D eigenvalue weighted by atomic mass is 9.91. The van der Waals surface area contributed by atoms with Crippen molar-refractivity contribution in [2.45, 2.75) is 64.3 Å². The number of hydrogen-bond acceptors (Lipinski definition) is 4. The molecule has 1 aromatic rings. The van der Waals surface area contributed by atoms with Crippen molar-refractivity contribution in [3.8, 4) is 0 Å². The van der Waals surface area contributed by atoms with Gasteiger partial charge in [0.2, 0.25) is 5.91 Å². The quantitative estimate of drug-likeness (QED) is 0.561. The summed E-state index contributed by atoms with van der Waals surface area (Å²) in [7, 11) is 3.81. The van der Waals surface area contributed by atoms with Crippen molar-refractivity contribution in [1.82, 2.24) is 24.9 Å². The molecule has 39 heavy (non-hydrogen) atoms. The molecule has 214 valence electrons. The number of likely N-dealkylation sites (N-methyl/N-ethyl adjacent to an activating group) is 2. The van der Waals surface area contributed by atoms with E-state index in [1.54, 1.807) is 18.9 Å². The molecule has 4 rings (SSSR count). The maximum absolute atomic E-state index is 14.1. The van der Waals surface area contributed by atoms with Crippen molar-refractivity contribution in [3.63, 3.8) is 0 Å². The number of piperidine rings is 1. The maximum Gasteiger partial charge on any atom is 0.416 e. The molecule has 3 aliphatic heterocycles. The zero-order valence-corrected chi connectivity index (χ0v) is 23.2. The molecule has 1 fully saturated rings. The Morgan fingerprint density at radius 1 is 1.15 bits per heavy atom. The van der Waals surface area contributed by atoms with E-state index < -0.39 is 35.8 Å². The van der Waals surface area contributed by atoms with E-state index >= 15 is 0 Å². The molecule has 11 heteroatoms. The Labute approximate surface area is 227 Å². The highest BCUT2D eigenvalue weighted by molar-refractivity contribution is 6.03. The molecule has 4 amide bonds. The Bertz CT molecular complexity index is 1140. The van der Waals surface area contributed by atoms with Gasteiger partial charge in [-0.05, 0) is 63.9 Å². The summed E-state index contributed by atoms with van der Waals surface area (Å²) in [6.45, 7) is 7.64. The van der Waals surface area contributed by atoms with Crippen LogP contribution < -0.4 is 5.32 Å². The molecule has 0 spiro atoms. The number of amides is 4. The van der Waals surface area contributed by atoms with Gasteiger partial charge in [-0.25, -0.2) is 4.79 Å². The van der Waals surface area contributed by atoms with E-state index in [4.69, 9.17) is 0 Å². The number of hydrogen-bond donors (Lipinski definition) is 1. The number of benzene rings is 1. The van der Waals surface area contributed by atoms with E-state index in [-0.39, 0.29) is 42.1 Å². The summed E-state index contributed by atoms with van der Waals surface area (Å²) >= 11 is 0. The number of urea groups is 1. The van der Waals surface area contributed by atoms with Crippen molar-refractivity contribution >= 4 is 17.8 Å². The predicted molar refractivity (Wildman–Crippen MR) is 140 cm³/mol. The fourth-order valence-electron chi connectivity index (χ4n) is 5.94. The minimum atomic E-state index is -4.67. The minimum absolute atomic E-state index is 0.00944. The van der Waals surface area contributed by atoms with Crippen molar-refractivity contribution in [3.05, 3.63) is 46.7 Å². The SMILES string of the molecule is CCN1C(=O)NC(c2ccccc2C(F)(F)F)C2=C1CN(C(CC(C)C)C(=O)N(C)C1CCN(C)CC1)C2=O. The Morgan fingerprint density at radius 2 is 1.79 bits per heavy atom. The summed E-state index contributed by atoms with van der Waals surface area (Å²) in [5.74, 6) is -0.610. The van der Waals surface area contributed by atoms with E-state index in [1.165, 1.54) is 28.0 Å². The molecule has 2 unspecified atom stereocenters. The standard InChI is InChI=1S/C28H38F3N5O3/c1-6-35-22-16-36(21(15-17(2)3)25(37)34(5)18-11-13-33(4)14-12-18)26(38)23(22)24(32-27(35)39)19-9-7-8-10-20(19)28(29,30)31/h7-10,17-18,21,24H,6,11-16H2,1-5H3,(H,32,39). The Morgan fingerprint density at radius 3 is 2.38 bits per heavy atom. The van der Waals surface area contributed by atoms with Crippen LogP contribution in [-0.4, -0.2) is 89.8 Å². The van der Waals surface area contributed by atoms with Gasteiger partial charge in [-0.1, -0.05) is 32.0 Å². The average Bonchev–Trinajstić information content (AvgIpc) is 3.22. The second-order valence-electron chi connectivity index (χ2n) is 11.1. The second kappa shape index (κ2) is 11.2. The maximum atomic E-state index is 14.1. The highest BCUT2D eigenvalue weighted by Crippen LogP contribution is 2.42. The molecule has 1 aromatic carbocycles. The molecule has 8 nitrogen and oxygen atoms in total. The summed E-state index contributed by atoms with van der Waals surface area (Å²) in [6.07, 6.45) is -2.61. The topological polar surface area (TPSA) is 76.2 Å². The fraction of sp³-hybridized carbons (Fsp3) is 0.607. The summed E-state index contributed by atoms with van der Waals surface area (Å²) < 4.78 is 41.8. The summed E-state index contributed by atoms with van der Waals surface area (Å²) in [6, 6.07) is 2.40. The molecule has 3 aliphatic rings. The molecular weight excluding hydrogens is 511 g/mol. The molecule has 2 atom stereocenters. The number of halogens is 3. The summed E-state index contributed by atoms with van der Waals surface area (Å²) in [4.78, 5) is 47.8. The molecule has 0 radical (unpaired) electrons. The first-order valence-electron chi connectivity index (χ1n) is 13.6. The third-order valence-corrected chi connectivity index (χ3v) is 8.08. The highest BCUT2D eigenvalue weighted by atomic mass is 19.4. The monoisotopic (exact) mass is 549 g/mol. The van der Waals surface area contributed by atoms with Crippen LogP contribution in [0.1, 0.15) is 57.2 Å². The Kier molecular flexibility index (Phi) is 8.30. The highest BCUT2D eigenvalue weighted by Gasteiger charge is 2.49. The van der Waals surface area contributed by atoms with E-state index in [1.807, 2.05) is 20.9 Å². The van der Waals surface area contributed by atoms with Crippen LogP contribution in [0.3, 0.4) is 0 Å². The van der Waals surface area contributed by atoms with Crippen LogP contribution >= 0.6 is 0 Å². The number of nitrogens with zero attached hydrogens (tertiary/aromatic N) is 4. The zero-order valence-electron chi connectivity index (χ0n) is 23.2. The third kappa shape index (κ3) is 5.64. The first-order valence-corrected chi connectivity index (χ1v) is 13.6. The molecule has 0 aliphatic carbocycles. The van der Waals surface area contributed by atoms with E-state index in [2.05, 4.69) is 10.2 Å². The Hall–Kier alpha value is -3.08. The summed E-state index contributed by atoms with van der Waals surface area (Å²) in [5, 5.41) is 2.64. The smallest absolute Gasteiger partial charge is 0.341 e. The molecule has 1 N–H and O–H groups in total. The average molecular weight is 550 g/mol. The van der Waals surface area contributed by atoms with Gasteiger partial charge < -0.3 is 20.0 Å². The molecule has 0 saturated carbocycles. The van der Waals surface area contributed by atoms with E-state index in [0.717, 1.165) is 32.0 Å². The van der Waals surface area contributed by atoms with Crippen LogP contribution in [0.2, 0.25) is 0 Å².